The van der Waals surface area contributed by atoms with Crippen molar-refractivity contribution in [2.45, 2.75) is 32.3 Å². The van der Waals surface area contributed by atoms with Crippen LogP contribution in [0.2, 0.25) is 0 Å². The number of aromatic amines is 1. The lowest BCUT2D eigenvalue weighted by atomic mass is 10.1. The Bertz CT molecular complexity index is 1130. The van der Waals surface area contributed by atoms with Crippen LogP contribution in [0.5, 0.6) is 5.75 Å². The van der Waals surface area contributed by atoms with Crippen molar-refractivity contribution in [3.8, 4) is 5.75 Å². The number of aromatic nitrogens is 2. The van der Waals surface area contributed by atoms with Gasteiger partial charge in [0.2, 0.25) is 15.8 Å². The molecule has 2 rings (SSSR count). The molecule has 2 aromatic rings. The summed E-state index contributed by atoms with van der Waals surface area (Å²) >= 11 is 0. The van der Waals surface area contributed by atoms with Crippen LogP contribution in [-0.2, 0) is 21.5 Å². The quantitative estimate of drug-likeness (QED) is 0.371. The summed E-state index contributed by atoms with van der Waals surface area (Å²) in [7, 11) is -3.77. The number of sulfonamides is 1. The lowest BCUT2D eigenvalue weighted by Gasteiger charge is -2.16. The van der Waals surface area contributed by atoms with Crippen LogP contribution < -0.4 is 20.7 Å². The molecular formula is C18H21F4N3O6S. The van der Waals surface area contributed by atoms with E-state index in [1.807, 2.05) is 0 Å². The van der Waals surface area contributed by atoms with Gasteiger partial charge in [-0.05, 0) is 31.0 Å². The number of halogens is 4. The van der Waals surface area contributed by atoms with Crippen LogP contribution in [0, 0.1) is 5.82 Å². The van der Waals surface area contributed by atoms with Crippen LogP contribution in [-0.4, -0.2) is 43.1 Å². The Morgan fingerprint density at radius 2 is 1.97 bits per heavy atom. The summed E-state index contributed by atoms with van der Waals surface area (Å²) in [6.07, 6.45) is -3.78. The van der Waals surface area contributed by atoms with E-state index in [1.54, 1.807) is 4.98 Å². The molecule has 9 nitrogen and oxygen atoms in total. The van der Waals surface area contributed by atoms with Gasteiger partial charge in [-0.2, -0.15) is 17.6 Å². The molecule has 0 aliphatic rings. The third-order valence-electron chi connectivity index (χ3n) is 4.02. The third-order valence-corrected chi connectivity index (χ3v) is 5.56. The van der Waals surface area contributed by atoms with Gasteiger partial charge in [-0.25, -0.2) is 17.9 Å². The molecule has 1 aromatic heterocycles. The Labute approximate surface area is 180 Å². The van der Waals surface area contributed by atoms with Gasteiger partial charge in [0.05, 0.1) is 11.9 Å². The van der Waals surface area contributed by atoms with E-state index in [9.17, 15) is 35.6 Å². The van der Waals surface area contributed by atoms with Gasteiger partial charge in [0.1, 0.15) is 12.5 Å². The summed E-state index contributed by atoms with van der Waals surface area (Å²) in [4.78, 5) is 24.2. The number of hydrogen-bond donors (Lipinski definition) is 2. The molecule has 1 aromatic carbocycles. The largest absolute Gasteiger partial charge is 0.484 e. The van der Waals surface area contributed by atoms with Gasteiger partial charge in [0.15, 0.2) is 6.61 Å². The number of hydrogen-bond acceptors (Lipinski definition) is 6. The fraction of sp³-hybridized carbons (Fsp3) is 0.444. The van der Waals surface area contributed by atoms with E-state index >= 15 is 0 Å². The first kappa shape index (κ1) is 25.5. The second-order valence-corrected chi connectivity index (χ2v) is 8.61. The van der Waals surface area contributed by atoms with Gasteiger partial charge in [0.25, 0.3) is 5.56 Å². The summed E-state index contributed by atoms with van der Waals surface area (Å²) < 4.78 is 87.4. The normalized spacial score (nSPS) is 13.2. The van der Waals surface area contributed by atoms with Gasteiger partial charge in [-0.3, -0.25) is 14.3 Å². The highest BCUT2D eigenvalue weighted by Gasteiger charge is 2.28. The zero-order valence-electron chi connectivity index (χ0n) is 16.8. The van der Waals surface area contributed by atoms with Crippen LogP contribution in [0.25, 0.3) is 0 Å². The van der Waals surface area contributed by atoms with Crippen LogP contribution in [0.15, 0.2) is 40.1 Å². The topological polar surface area (TPSA) is 119 Å². The third kappa shape index (κ3) is 8.43. The van der Waals surface area contributed by atoms with Gasteiger partial charge >= 0.3 is 11.9 Å². The van der Waals surface area contributed by atoms with Crippen molar-refractivity contribution in [1.29, 1.82) is 0 Å². The fourth-order valence-electron chi connectivity index (χ4n) is 2.53. The average Bonchev–Trinajstić information content (AvgIpc) is 2.69. The van der Waals surface area contributed by atoms with Gasteiger partial charge in [0, 0.05) is 12.6 Å². The van der Waals surface area contributed by atoms with Gasteiger partial charge in [-0.1, -0.05) is 12.1 Å². The molecule has 0 saturated carbocycles. The number of benzene rings is 1. The molecule has 2 N–H and O–H groups in total. The van der Waals surface area contributed by atoms with E-state index < -0.39 is 45.9 Å². The number of H-pyrrole nitrogens is 1. The highest BCUT2D eigenvalue weighted by Crippen LogP contribution is 2.22. The lowest BCUT2D eigenvalue weighted by molar-refractivity contribution is -0.153. The lowest BCUT2D eigenvalue weighted by Crippen LogP contribution is -2.32. The maximum absolute atomic E-state index is 13.2. The Balaban J connectivity index is 1.82. The van der Waals surface area contributed by atoms with E-state index in [4.69, 9.17) is 4.74 Å². The first-order chi connectivity index (χ1) is 14.9. The Kier molecular flexibility index (Phi) is 8.58. The number of nitrogens with zero attached hydrogens (tertiary/aromatic N) is 1. The molecule has 0 aliphatic heterocycles. The highest BCUT2D eigenvalue weighted by molar-refractivity contribution is 7.89. The van der Waals surface area contributed by atoms with Crippen LogP contribution in [0.4, 0.5) is 17.6 Å². The zero-order chi connectivity index (χ0) is 23.9. The van der Waals surface area contributed by atoms with Crippen molar-refractivity contribution in [2.75, 3.05) is 19.0 Å². The summed E-state index contributed by atoms with van der Waals surface area (Å²) in [5.41, 5.74) is -1.63. The van der Waals surface area contributed by atoms with Crippen molar-refractivity contribution in [3.63, 3.8) is 0 Å². The summed E-state index contributed by atoms with van der Waals surface area (Å²) in [6, 6.07) is 4.88. The van der Waals surface area contributed by atoms with Crippen molar-refractivity contribution in [3.05, 3.63) is 62.7 Å². The molecule has 1 heterocycles. The van der Waals surface area contributed by atoms with Crippen molar-refractivity contribution in [2.24, 2.45) is 0 Å². The molecular weight excluding hydrogens is 462 g/mol. The fourth-order valence-corrected chi connectivity index (χ4v) is 3.82. The molecule has 0 aliphatic carbocycles. The van der Waals surface area contributed by atoms with E-state index in [0.29, 0.717) is 11.8 Å². The molecule has 0 radical (unpaired) electrons. The molecule has 0 fully saturated rings. The highest BCUT2D eigenvalue weighted by atomic mass is 32.2. The van der Waals surface area contributed by atoms with E-state index in [1.165, 1.54) is 31.2 Å². The Hall–Kier alpha value is -2.71. The summed E-state index contributed by atoms with van der Waals surface area (Å²) in [5, 5.41) is 0. The van der Waals surface area contributed by atoms with Gasteiger partial charge in [-0.15, -0.1) is 0 Å². The second-order valence-electron chi connectivity index (χ2n) is 6.73. The maximum Gasteiger partial charge on any atom is 0.422 e. The molecule has 14 heteroatoms. The maximum atomic E-state index is 13.2. The molecule has 0 bridgehead atoms. The number of nitrogens with one attached hydrogen (secondary N) is 2. The minimum atomic E-state index is -4.50. The molecule has 0 spiro atoms. The number of alkyl halides is 3. The summed E-state index contributed by atoms with van der Waals surface area (Å²) in [6.45, 7) is -0.410. The Morgan fingerprint density at radius 1 is 1.25 bits per heavy atom. The van der Waals surface area contributed by atoms with Crippen LogP contribution >= 0.6 is 0 Å². The molecule has 32 heavy (non-hydrogen) atoms. The minimum absolute atomic E-state index is 0.0391. The van der Waals surface area contributed by atoms with Crippen LogP contribution in [0.1, 0.15) is 24.9 Å². The smallest absolute Gasteiger partial charge is 0.422 e. The van der Waals surface area contributed by atoms with Crippen LogP contribution in [0.3, 0.4) is 0 Å². The predicted molar refractivity (Wildman–Crippen MR) is 105 cm³/mol. The molecule has 0 unspecified atom stereocenters. The van der Waals surface area contributed by atoms with Crippen molar-refractivity contribution < 1.29 is 35.5 Å². The van der Waals surface area contributed by atoms with E-state index in [2.05, 4.69) is 9.46 Å². The van der Waals surface area contributed by atoms with E-state index in [-0.39, 0.29) is 31.3 Å². The predicted octanol–water partition coefficient (Wildman–Crippen LogP) is 1.66. The molecule has 1 atom stereocenters. The molecule has 0 amide bonds. The monoisotopic (exact) mass is 483 g/mol. The second kappa shape index (κ2) is 10.7. The van der Waals surface area contributed by atoms with Crippen molar-refractivity contribution >= 4 is 10.0 Å². The summed E-state index contributed by atoms with van der Waals surface area (Å²) in [5.74, 6) is -1.55. The Morgan fingerprint density at radius 3 is 2.66 bits per heavy atom. The number of ether oxygens (including phenoxy) is 2. The standard InChI is InChI=1S/C18H21F4N3O6S/c1-12(13-4-2-5-14(8-13)31-10-18(20,21)22)24-32(28,29)7-3-6-30-11-25-9-15(19)16(26)23-17(25)27/h2,4-5,8-9,12,24H,3,6-7,10-11H2,1H3,(H,23,26,27)/t12-/m1/s1. The zero-order valence-corrected chi connectivity index (χ0v) is 17.6. The number of rotatable bonds is 11. The van der Waals surface area contributed by atoms with E-state index in [0.717, 1.165) is 4.57 Å². The first-order valence-corrected chi connectivity index (χ1v) is 10.9. The van der Waals surface area contributed by atoms with Crippen molar-refractivity contribution in [1.82, 2.24) is 14.3 Å². The van der Waals surface area contributed by atoms with Gasteiger partial charge < -0.3 is 9.47 Å². The first-order valence-electron chi connectivity index (χ1n) is 9.23. The molecule has 178 valence electrons. The minimum Gasteiger partial charge on any atom is -0.484 e. The molecule has 0 saturated heterocycles. The SMILES string of the molecule is C[C@@H](NS(=O)(=O)CCCOCn1cc(F)c(=O)[nH]c1=O)c1cccc(OCC(F)(F)F)c1. The average molecular weight is 483 g/mol.